The molecule has 0 amide bonds. The van der Waals surface area contributed by atoms with Gasteiger partial charge in [0.15, 0.2) is 5.82 Å². The molecule has 0 spiro atoms. The molecule has 0 aliphatic heterocycles. The minimum Gasteiger partial charge on any atom is -0.309 e. The van der Waals surface area contributed by atoms with Gasteiger partial charge in [-0.05, 0) is 77.5 Å². The van der Waals surface area contributed by atoms with Crippen molar-refractivity contribution in [3.63, 3.8) is 0 Å². The van der Waals surface area contributed by atoms with E-state index in [0.29, 0.717) is 5.82 Å². The molecule has 0 aliphatic rings. The molecule has 242 valence electrons. The summed E-state index contributed by atoms with van der Waals surface area (Å²) in [5, 5.41) is 8.48. The van der Waals surface area contributed by atoms with Gasteiger partial charge in [-0.3, -0.25) is 0 Å². The van der Waals surface area contributed by atoms with Gasteiger partial charge >= 0.3 is 0 Å². The maximum absolute atomic E-state index is 5.13. The number of aromatic nitrogens is 4. The number of hydrogen-bond acceptors (Lipinski definition) is 2. The first-order valence-electron chi connectivity index (χ1n) is 17.7. The standard InChI is InChI=1S/C48H30N4/c1-2-13-32(14-3-1)47-39-18-6-9-19-42(39)49-48(50-47)33-23-25-35(26-24-33)51-43-20-10-7-16-37(43)40-29-41-38-17-8-11-21-44(38)52(46(41)30-45(40)51)36-27-22-31-12-4-5-15-34(31)28-36/h1-30H. The normalized spacial score (nSPS) is 11.8. The zero-order valence-electron chi connectivity index (χ0n) is 28.1. The molecule has 0 N–H and O–H groups in total. The van der Waals surface area contributed by atoms with Crippen LogP contribution >= 0.6 is 0 Å². The molecule has 4 nitrogen and oxygen atoms in total. The smallest absolute Gasteiger partial charge is 0.160 e. The predicted octanol–water partition coefficient (Wildman–Crippen LogP) is 12.3. The lowest BCUT2D eigenvalue weighted by Crippen LogP contribution is -1.97. The van der Waals surface area contributed by atoms with E-state index in [1.807, 2.05) is 18.2 Å². The van der Waals surface area contributed by atoms with Gasteiger partial charge < -0.3 is 9.13 Å². The van der Waals surface area contributed by atoms with Gasteiger partial charge in [-0.25, -0.2) is 9.97 Å². The Kier molecular flexibility index (Phi) is 6.22. The molecule has 8 aromatic carbocycles. The highest BCUT2D eigenvalue weighted by atomic mass is 15.0. The molecule has 52 heavy (non-hydrogen) atoms. The molecule has 11 aromatic rings. The second kappa shape index (κ2) is 11.2. The van der Waals surface area contributed by atoms with E-state index < -0.39 is 0 Å². The number of benzene rings is 8. The van der Waals surface area contributed by atoms with E-state index in [1.165, 1.54) is 54.4 Å². The molecule has 11 rings (SSSR count). The summed E-state index contributed by atoms with van der Waals surface area (Å²) in [6.45, 7) is 0. The van der Waals surface area contributed by atoms with E-state index in [4.69, 9.17) is 9.97 Å². The number of hydrogen-bond donors (Lipinski definition) is 0. The average Bonchev–Trinajstić information content (AvgIpc) is 3.71. The van der Waals surface area contributed by atoms with E-state index in [0.717, 1.165) is 39.1 Å². The van der Waals surface area contributed by atoms with Crippen LogP contribution in [0.5, 0.6) is 0 Å². The maximum atomic E-state index is 5.13. The van der Waals surface area contributed by atoms with Crippen molar-refractivity contribution in [1.29, 1.82) is 0 Å². The molecule has 0 radical (unpaired) electrons. The number of nitrogens with zero attached hydrogens (tertiary/aromatic N) is 4. The summed E-state index contributed by atoms with van der Waals surface area (Å²) in [6.07, 6.45) is 0. The molecule has 0 fully saturated rings. The zero-order valence-corrected chi connectivity index (χ0v) is 28.1. The molecular formula is C48H30N4. The van der Waals surface area contributed by atoms with Gasteiger partial charge in [-0.15, -0.1) is 0 Å². The third kappa shape index (κ3) is 4.34. The maximum Gasteiger partial charge on any atom is 0.160 e. The summed E-state index contributed by atoms with van der Waals surface area (Å²) in [6, 6.07) is 64.9. The molecule has 0 unspecified atom stereocenters. The van der Waals surface area contributed by atoms with Crippen molar-refractivity contribution in [1.82, 2.24) is 19.1 Å². The van der Waals surface area contributed by atoms with Gasteiger partial charge in [0.1, 0.15) is 0 Å². The Hall–Kier alpha value is -7.04. The largest absolute Gasteiger partial charge is 0.309 e. The van der Waals surface area contributed by atoms with Gasteiger partial charge in [-0.1, -0.05) is 115 Å². The number of rotatable bonds is 4. The van der Waals surface area contributed by atoms with Gasteiger partial charge in [0.25, 0.3) is 0 Å². The highest BCUT2D eigenvalue weighted by Gasteiger charge is 2.19. The molecule has 3 aromatic heterocycles. The molecule has 3 heterocycles. The summed E-state index contributed by atoms with van der Waals surface area (Å²) < 4.78 is 4.82. The van der Waals surface area contributed by atoms with Crippen LogP contribution in [0.25, 0.3) is 99.3 Å². The van der Waals surface area contributed by atoms with Crippen LogP contribution in [-0.4, -0.2) is 19.1 Å². The van der Waals surface area contributed by atoms with Crippen molar-refractivity contribution in [3.8, 4) is 34.0 Å². The third-order valence-electron chi connectivity index (χ3n) is 10.5. The second-order valence-corrected chi connectivity index (χ2v) is 13.4. The molecule has 0 atom stereocenters. The van der Waals surface area contributed by atoms with Crippen LogP contribution in [0.2, 0.25) is 0 Å². The number of para-hydroxylation sites is 3. The Labute approximate surface area is 299 Å². The van der Waals surface area contributed by atoms with E-state index >= 15 is 0 Å². The molecular weight excluding hydrogens is 633 g/mol. The van der Waals surface area contributed by atoms with Crippen LogP contribution in [0.3, 0.4) is 0 Å². The van der Waals surface area contributed by atoms with Crippen molar-refractivity contribution in [2.75, 3.05) is 0 Å². The monoisotopic (exact) mass is 662 g/mol. The van der Waals surface area contributed by atoms with Crippen molar-refractivity contribution >= 4 is 65.3 Å². The summed E-state index contributed by atoms with van der Waals surface area (Å²) >= 11 is 0. The average molecular weight is 663 g/mol. The van der Waals surface area contributed by atoms with Crippen LogP contribution < -0.4 is 0 Å². The zero-order chi connectivity index (χ0) is 34.2. The first-order chi connectivity index (χ1) is 25.8. The Morgan fingerprint density at radius 3 is 1.63 bits per heavy atom. The van der Waals surface area contributed by atoms with E-state index in [9.17, 15) is 0 Å². The van der Waals surface area contributed by atoms with Crippen LogP contribution in [0.1, 0.15) is 0 Å². The van der Waals surface area contributed by atoms with Crippen LogP contribution in [0.15, 0.2) is 182 Å². The quantitative estimate of drug-likeness (QED) is 0.188. The minimum absolute atomic E-state index is 0.716. The van der Waals surface area contributed by atoms with Gasteiger partial charge in [0, 0.05) is 49.4 Å². The highest BCUT2D eigenvalue weighted by Crippen LogP contribution is 2.40. The Morgan fingerprint density at radius 1 is 0.327 bits per heavy atom. The van der Waals surface area contributed by atoms with Crippen molar-refractivity contribution in [2.24, 2.45) is 0 Å². The molecule has 0 aliphatic carbocycles. The first-order valence-corrected chi connectivity index (χ1v) is 17.7. The SMILES string of the molecule is c1ccc(-c2nc(-c3ccc(-n4c5ccccc5c5cc6c7ccccc7n(-c7ccc8ccccc8c7)c6cc54)cc3)nc3ccccc23)cc1. The minimum atomic E-state index is 0.716. The second-order valence-electron chi connectivity index (χ2n) is 13.4. The predicted molar refractivity (Wildman–Crippen MR) is 217 cm³/mol. The van der Waals surface area contributed by atoms with Crippen LogP contribution in [0.4, 0.5) is 0 Å². The molecule has 0 saturated heterocycles. The Morgan fingerprint density at radius 2 is 0.904 bits per heavy atom. The molecule has 4 heteroatoms. The lowest BCUT2D eigenvalue weighted by atomic mass is 10.1. The lowest BCUT2D eigenvalue weighted by molar-refractivity contribution is 1.16. The Bertz CT molecular complexity index is 3170. The van der Waals surface area contributed by atoms with Crippen LogP contribution in [-0.2, 0) is 0 Å². The van der Waals surface area contributed by atoms with Crippen molar-refractivity contribution in [2.45, 2.75) is 0 Å². The number of fused-ring (bicyclic) bond motifs is 8. The molecule has 0 bridgehead atoms. The lowest BCUT2D eigenvalue weighted by Gasteiger charge is -2.12. The first kappa shape index (κ1) is 28.8. The summed E-state index contributed by atoms with van der Waals surface area (Å²) in [4.78, 5) is 10.1. The third-order valence-corrected chi connectivity index (χ3v) is 10.5. The van der Waals surface area contributed by atoms with Gasteiger partial charge in [0.2, 0.25) is 0 Å². The fraction of sp³-hybridized carbons (Fsp3) is 0. The fourth-order valence-electron chi connectivity index (χ4n) is 8.08. The van der Waals surface area contributed by atoms with E-state index in [2.05, 4.69) is 173 Å². The summed E-state index contributed by atoms with van der Waals surface area (Å²) in [5.41, 5.74) is 10.9. The van der Waals surface area contributed by atoms with E-state index in [1.54, 1.807) is 0 Å². The van der Waals surface area contributed by atoms with Crippen LogP contribution in [0, 0.1) is 0 Å². The topological polar surface area (TPSA) is 35.6 Å². The Balaban J connectivity index is 1.12. The highest BCUT2D eigenvalue weighted by molar-refractivity contribution is 6.19. The van der Waals surface area contributed by atoms with E-state index in [-0.39, 0.29) is 0 Å². The fourth-order valence-corrected chi connectivity index (χ4v) is 8.08. The summed E-state index contributed by atoms with van der Waals surface area (Å²) in [5.74, 6) is 0.716. The van der Waals surface area contributed by atoms with Gasteiger partial charge in [-0.2, -0.15) is 0 Å². The molecule has 0 saturated carbocycles. The van der Waals surface area contributed by atoms with Gasteiger partial charge in [0.05, 0.1) is 33.3 Å². The van der Waals surface area contributed by atoms with Crippen molar-refractivity contribution < 1.29 is 0 Å². The summed E-state index contributed by atoms with van der Waals surface area (Å²) in [7, 11) is 0. The van der Waals surface area contributed by atoms with Crippen molar-refractivity contribution in [3.05, 3.63) is 182 Å².